The van der Waals surface area contributed by atoms with Gasteiger partial charge in [0.2, 0.25) is 0 Å². The van der Waals surface area contributed by atoms with Gasteiger partial charge in [-0.15, -0.1) is 11.3 Å². The Balaban J connectivity index is 1.62. The Hall–Kier alpha value is -2.92. The SMILES string of the molecule is Cc1cccc(C(=O)NCC(c2cccs2)c2c[nH]c3ccccc23)n1. The highest BCUT2D eigenvalue weighted by atomic mass is 32.1. The molecule has 130 valence electrons. The third kappa shape index (κ3) is 3.26. The number of thiophene rings is 1. The highest BCUT2D eigenvalue weighted by Crippen LogP contribution is 2.32. The standard InChI is InChI=1S/C21H19N3OS/c1-14-6-4-9-19(24-14)21(25)23-13-17(20-10-5-11-26-20)16-12-22-18-8-3-2-7-15(16)18/h2-12,17,22H,13H2,1H3,(H,23,25). The van der Waals surface area contributed by atoms with E-state index in [-0.39, 0.29) is 11.8 Å². The third-order valence-corrected chi connectivity index (χ3v) is 5.46. The van der Waals surface area contributed by atoms with E-state index in [0.29, 0.717) is 12.2 Å². The third-order valence-electron chi connectivity index (χ3n) is 4.47. The van der Waals surface area contributed by atoms with E-state index in [1.54, 1.807) is 17.4 Å². The number of aromatic amines is 1. The number of para-hydroxylation sites is 1. The smallest absolute Gasteiger partial charge is 0.269 e. The van der Waals surface area contributed by atoms with Crippen LogP contribution in [-0.2, 0) is 0 Å². The maximum Gasteiger partial charge on any atom is 0.269 e. The second-order valence-electron chi connectivity index (χ2n) is 6.23. The van der Waals surface area contributed by atoms with Gasteiger partial charge in [0, 0.05) is 40.1 Å². The molecule has 3 aromatic heterocycles. The summed E-state index contributed by atoms with van der Waals surface area (Å²) in [6.45, 7) is 2.41. The average Bonchev–Trinajstić information content (AvgIpc) is 3.32. The molecule has 1 atom stereocenters. The maximum atomic E-state index is 12.5. The van der Waals surface area contributed by atoms with Gasteiger partial charge in [-0.3, -0.25) is 4.79 Å². The predicted molar refractivity (Wildman–Crippen MR) is 106 cm³/mol. The largest absolute Gasteiger partial charge is 0.361 e. The first kappa shape index (κ1) is 16.5. The molecule has 0 fully saturated rings. The molecule has 4 rings (SSSR count). The molecule has 0 radical (unpaired) electrons. The van der Waals surface area contributed by atoms with Gasteiger partial charge >= 0.3 is 0 Å². The Morgan fingerprint density at radius 2 is 2.04 bits per heavy atom. The van der Waals surface area contributed by atoms with E-state index in [2.05, 4.69) is 38.9 Å². The molecule has 0 saturated heterocycles. The molecule has 4 nitrogen and oxygen atoms in total. The minimum atomic E-state index is -0.143. The molecule has 0 bridgehead atoms. The highest BCUT2D eigenvalue weighted by molar-refractivity contribution is 7.10. The fourth-order valence-corrected chi connectivity index (χ4v) is 4.04. The molecule has 0 saturated carbocycles. The van der Waals surface area contributed by atoms with Crippen LogP contribution in [0.3, 0.4) is 0 Å². The topological polar surface area (TPSA) is 57.8 Å². The van der Waals surface area contributed by atoms with Crippen LogP contribution in [-0.4, -0.2) is 22.4 Å². The number of fused-ring (bicyclic) bond motifs is 1. The van der Waals surface area contributed by atoms with E-state index in [0.717, 1.165) is 11.2 Å². The van der Waals surface area contributed by atoms with Crippen LogP contribution in [0.1, 0.15) is 32.5 Å². The lowest BCUT2D eigenvalue weighted by atomic mass is 9.96. The zero-order valence-electron chi connectivity index (χ0n) is 14.4. The van der Waals surface area contributed by atoms with E-state index < -0.39 is 0 Å². The number of aryl methyl sites for hydroxylation is 1. The Labute approximate surface area is 155 Å². The minimum Gasteiger partial charge on any atom is -0.361 e. The molecular formula is C21H19N3OS. The summed E-state index contributed by atoms with van der Waals surface area (Å²) in [4.78, 5) is 21.4. The Bertz CT molecular complexity index is 1040. The Morgan fingerprint density at radius 1 is 1.15 bits per heavy atom. The fourth-order valence-electron chi connectivity index (χ4n) is 3.19. The summed E-state index contributed by atoms with van der Waals surface area (Å²) in [5.74, 6) is -0.0463. The van der Waals surface area contributed by atoms with E-state index in [4.69, 9.17) is 0 Å². The lowest BCUT2D eigenvalue weighted by Gasteiger charge is -2.16. The van der Waals surface area contributed by atoms with Crippen LogP contribution in [0.4, 0.5) is 0 Å². The first-order valence-electron chi connectivity index (χ1n) is 8.53. The van der Waals surface area contributed by atoms with E-state index >= 15 is 0 Å². The van der Waals surface area contributed by atoms with Gasteiger partial charge < -0.3 is 10.3 Å². The van der Waals surface area contributed by atoms with Crippen molar-refractivity contribution in [2.24, 2.45) is 0 Å². The second kappa shape index (κ2) is 7.14. The number of H-pyrrole nitrogens is 1. The molecule has 0 aliphatic heterocycles. The molecule has 3 heterocycles. The van der Waals surface area contributed by atoms with Crippen molar-refractivity contribution in [2.75, 3.05) is 6.54 Å². The van der Waals surface area contributed by atoms with Crippen LogP contribution in [0.2, 0.25) is 0 Å². The zero-order chi connectivity index (χ0) is 17.9. The number of amides is 1. The Morgan fingerprint density at radius 3 is 2.85 bits per heavy atom. The van der Waals surface area contributed by atoms with Crippen molar-refractivity contribution < 1.29 is 4.79 Å². The van der Waals surface area contributed by atoms with Crippen molar-refractivity contribution >= 4 is 28.1 Å². The van der Waals surface area contributed by atoms with Gasteiger partial charge in [0.1, 0.15) is 5.69 Å². The molecule has 1 amide bonds. The van der Waals surface area contributed by atoms with E-state index in [9.17, 15) is 4.79 Å². The molecular weight excluding hydrogens is 342 g/mol. The summed E-state index contributed by atoms with van der Waals surface area (Å²) >= 11 is 1.71. The van der Waals surface area contributed by atoms with Crippen molar-refractivity contribution in [3.05, 3.63) is 88.0 Å². The van der Waals surface area contributed by atoms with Crippen molar-refractivity contribution in [1.82, 2.24) is 15.3 Å². The number of benzene rings is 1. The first-order chi connectivity index (χ1) is 12.7. The molecule has 4 aromatic rings. The van der Waals surface area contributed by atoms with Crippen molar-refractivity contribution in [1.29, 1.82) is 0 Å². The number of pyridine rings is 1. The monoisotopic (exact) mass is 361 g/mol. The number of aromatic nitrogens is 2. The maximum absolute atomic E-state index is 12.5. The van der Waals surface area contributed by atoms with Gasteiger partial charge in [0.15, 0.2) is 0 Å². The van der Waals surface area contributed by atoms with Crippen molar-refractivity contribution in [3.8, 4) is 0 Å². The van der Waals surface area contributed by atoms with Gasteiger partial charge in [0.05, 0.1) is 0 Å². The van der Waals surface area contributed by atoms with Crippen LogP contribution in [0.5, 0.6) is 0 Å². The Kier molecular flexibility index (Phi) is 4.54. The molecule has 0 aliphatic carbocycles. The first-order valence-corrected chi connectivity index (χ1v) is 9.41. The zero-order valence-corrected chi connectivity index (χ0v) is 15.2. The second-order valence-corrected chi connectivity index (χ2v) is 7.21. The number of hydrogen-bond donors (Lipinski definition) is 2. The van der Waals surface area contributed by atoms with Crippen LogP contribution < -0.4 is 5.32 Å². The van der Waals surface area contributed by atoms with Gasteiger partial charge in [-0.05, 0) is 42.1 Å². The summed E-state index contributed by atoms with van der Waals surface area (Å²) < 4.78 is 0. The van der Waals surface area contributed by atoms with E-state index in [1.165, 1.54) is 15.8 Å². The summed E-state index contributed by atoms with van der Waals surface area (Å²) in [5, 5.41) is 6.32. The molecule has 1 aromatic carbocycles. The summed E-state index contributed by atoms with van der Waals surface area (Å²) in [7, 11) is 0. The van der Waals surface area contributed by atoms with Gasteiger partial charge in [-0.2, -0.15) is 0 Å². The molecule has 0 spiro atoms. The van der Waals surface area contributed by atoms with Crippen molar-refractivity contribution in [3.63, 3.8) is 0 Å². The molecule has 0 aliphatic rings. The number of carbonyl (C=O) groups is 1. The number of nitrogens with one attached hydrogen (secondary N) is 2. The van der Waals surface area contributed by atoms with Gasteiger partial charge in [-0.25, -0.2) is 4.98 Å². The van der Waals surface area contributed by atoms with Gasteiger partial charge in [-0.1, -0.05) is 30.3 Å². The van der Waals surface area contributed by atoms with Crippen LogP contribution in [0, 0.1) is 6.92 Å². The van der Waals surface area contributed by atoms with Crippen LogP contribution in [0.25, 0.3) is 10.9 Å². The van der Waals surface area contributed by atoms with Crippen molar-refractivity contribution in [2.45, 2.75) is 12.8 Å². The van der Waals surface area contributed by atoms with E-state index in [1.807, 2.05) is 43.5 Å². The average molecular weight is 361 g/mol. The number of hydrogen-bond acceptors (Lipinski definition) is 3. The quantitative estimate of drug-likeness (QED) is 0.550. The highest BCUT2D eigenvalue weighted by Gasteiger charge is 2.20. The molecule has 2 N–H and O–H groups in total. The number of rotatable bonds is 5. The summed E-state index contributed by atoms with van der Waals surface area (Å²) in [6, 6.07) is 17.9. The lowest BCUT2D eigenvalue weighted by molar-refractivity contribution is 0.0947. The fraction of sp³-hybridized carbons (Fsp3) is 0.143. The number of carbonyl (C=O) groups excluding carboxylic acids is 1. The summed E-state index contributed by atoms with van der Waals surface area (Å²) in [6.07, 6.45) is 2.05. The van der Waals surface area contributed by atoms with Crippen LogP contribution >= 0.6 is 11.3 Å². The minimum absolute atomic E-state index is 0.0971. The molecule has 1 unspecified atom stereocenters. The molecule has 26 heavy (non-hydrogen) atoms. The van der Waals surface area contributed by atoms with Gasteiger partial charge in [0.25, 0.3) is 5.91 Å². The number of nitrogens with zero attached hydrogens (tertiary/aromatic N) is 1. The summed E-state index contributed by atoms with van der Waals surface area (Å²) in [5.41, 5.74) is 3.59. The normalized spacial score (nSPS) is 12.2. The lowest BCUT2D eigenvalue weighted by Crippen LogP contribution is -2.29. The molecule has 5 heteroatoms. The predicted octanol–water partition coefficient (Wildman–Crippen LogP) is 4.49. The van der Waals surface area contributed by atoms with Crippen LogP contribution in [0.15, 0.2) is 66.2 Å².